The van der Waals surface area contributed by atoms with E-state index in [1.165, 1.54) is 5.69 Å². The van der Waals surface area contributed by atoms with Crippen molar-refractivity contribution in [1.29, 1.82) is 0 Å². The summed E-state index contributed by atoms with van der Waals surface area (Å²) in [7, 11) is 0. The molecule has 0 aromatic carbocycles. The van der Waals surface area contributed by atoms with Gasteiger partial charge < -0.3 is 4.52 Å². The van der Waals surface area contributed by atoms with Crippen molar-refractivity contribution in [2.45, 2.75) is 78.2 Å². The first-order valence-electron chi connectivity index (χ1n) is 8.87. The van der Waals surface area contributed by atoms with Gasteiger partial charge in [-0.15, -0.1) is 5.10 Å². The molecule has 23 heavy (non-hydrogen) atoms. The highest BCUT2D eigenvalue weighted by Gasteiger charge is 2.29. The first kappa shape index (κ1) is 16.1. The van der Waals surface area contributed by atoms with Gasteiger partial charge in [-0.25, -0.2) is 4.68 Å². The van der Waals surface area contributed by atoms with Gasteiger partial charge in [0.05, 0.1) is 11.4 Å². The molecule has 6 heteroatoms. The molecule has 3 rings (SSSR count). The van der Waals surface area contributed by atoms with Gasteiger partial charge in [0.1, 0.15) is 0 Å². The lowest BCUT2D eigenvalue weighted by molar-refractivity contribution is 0.330. The maximum absolute atomic E-state index is 5.59. The van der Waals surface area contributed by atoms with Crippen LogP contribution in [0.5, 0.6) is 0 Å². The van der Waals surface area contributed by atoms with Crippen LogP contribution in [0.2, 0.25) is 0 Å². The van der Waals surface area contributed by atoms with E-state index in [2.05, 4.69) is 47.8 Å². The van der Waals surface area contributed by atoms with E-state index in [1.807, 2.05) is 0 Å². The topological polar surface area (TPSA) is 69.6 Å². The maximum Gasteiger partial charge on any atom is 0.230 e. The molecule has 1 unspecified atom stereocenters. The lowest BCUT2D eigenvalue weighted by Crippen LogP contribution is -2.18. The van der Waals surface area contributed by atoms with E-state index in [0.717, 1.165) is 56.1 Å². The molecule has 0 N–H and O–H groups in total. The van der Waals surface area contributed by atoms with Crippen molar-refractivity contribution in [2.75, 3.05) is 0 Å². The van der Waals surface area contributed by atoms with E-state index in [1.54, 1.807) is 0 Å². The fourth-order valence-electron chi connectivity index (χ4n) is 3.37. The van der Waals surface area contributed by atoms with Crippen LogP contribution >= 0.6 is 0 Å². The van der Waals surface area contributed by atoms with E-state index in [9.17, 15) is 0 Å². The molecule has 2 aromatic rings. The average molecular weight is 317 g/mol. The zero-order valence-electron chi connectivity index (χ0n) is 14.6. The van der Waals surface area contributed by atoms with Crippen LogP contribution in [0, 0.1) is 5.92 Å². The third-order valence-electron chi connectivity index (χ3n) is 4.78. The molecule has 0 bridgehead atoms. The van der Waals surface area contributed by atoms with Crippen LogP contribution < -0.4 is 0 Å². The van der Waals surface area contributed by atoms with Crippen LogP contribution in [0.25, 0.3) is 0 Å². The highest BCUT2D eigenvalue weighted by Crippen LogP contribution is 2.32. The molecule has 0 saturated carbocycles. The van der Waals surface area contributed by atoms with Crippen LogP contribution in [-0.4, -0.2) is 25.1 Å². The van der Waals surface area contributed by atoms with Crippen LogP contribution in [0.1, 0.15) is 81.9 Å². The van der Waals surface area contributed by atoms with E-state index in [-0.39, 0.29) is 0 Å². The quantitative estimate of drug-likeness (QED) is 0.815. The molecule has 0 spiro atoms. The van der Waals surface area contributed by atoms with Crippen molar-refractivity contribution >= 4 is 0 Å². The SMILES string of the molecule is CCC(CC)c1noc(C2CCc3nnn(CC(C)C)c3C2)n1. The first-order chi connectivity index (χ1) is 11.1. The molecule has 126 valence electrons. The van der Waals surface area contributed by atoms with Gasteiger partial charge >= 0.3 is 0 Å². The second kappa shape index (κ2) is 6.81. The summed E-state index contributed by atoms with van der Waals surface area (Å²) in [5.74, 6) is 2.91. The van der Waals surface area contributed by atoms with E-state index in [4.69, 9.17) is 9.51 Å². The molecule has 6 nitrogen and oxygen atoms in total. The van der Waals surface area contributed by atoms with Gasteiger partial charge in [-0.1, -0.05) is 38.1 Å². The Bertz CT molecular complexity index is 641. The Morgan fingerprint density at radius 1 is 1.26 bits per heavy atom. The first-order valence-corrected chi connectivity index (χ1v) is 8.87. The van der Waals surface area contributed by atoms with Crippen molar-refractivity contribution < 1.29 is 4.52 Å². The van der Waals surface area contributed by atoms with E-state index >= 15 is 0 Å². The third-order valence-corrected chi connectivity index (χ3v) is 4.78. The molecule has 1 aliphatic carbocycles. The molecule has 0 fully saturated rings. The van der Waals surface area contributed by atoms with Crippen LogP contribution in [0.4, 0.5) is 0 Å². The number of aryl methyl sites for hydroxylation is 1. The van der Waals surface area contributed by atoms with E-state index < -0.39 is 0 Å². The summed E-state index contributed by atoms with van der Waals surface area (Å²) in [6.07, 6.45) is 4.96. The van der Waals surface area contributed by atoms with Gasteiger partial charge in [0.15, 0.2) is 5.82 Å². The smallest absolute Gasteiger partial charge is 0.230 e. The Balaban J connectivity index is 1.78. The predicted molar refractivity (Wildman–Crippen MR) is 87.2 cm³/mol. The minimum absolute atomic E-state index is 0.294. The Morgan fingerprint density at radius 3 is 2.74 bits per heavy atom. The Kier molecular flexibility index (Phi) is 4.78. The van der Waals surface area contributed by atoms with Crippen molar-refractivity contribution in [1.82, 2.24) is 25.1 Å². The van der Waals surface area contributed by atoms with Crippen LogP contribution in [0.3, 0.4) is 0 Å². The van der Waals surface area contributed by atoms with Gasteiger partial charge in [0.2, 0.25) is 5.89 Å². The maximum atomic E-state index is 5.59. The fourth-order valence-corrected chi connectivity index (χ4v) is 3.37. The number of aromatic nitrogens is 5. The van der Waals surface area contributed by atoms with Crippen molar-refractivity contribution in [3.63, 3.8) is 0 Å². The van der Waals surface area contributed by atoms with E-state index in [0.29, 0.717) is 17.8 Å². The van der Waals surface area contributed by atoms with Crippen molar-refractivity contribution in [3.05, 3.63) is 23.1 Å². The number of hydrogen-bond acceptors (Lipinski definition) is 5. The Morgan fingerprint density at radius 2 is 2.04 bits per heavy atom. The monoisotopic (exact) mass is 317 g/mol. The summed E-state index contributed by atoms with van der Waals surface area (Å²) < 4.78 is 7.65. The lowest BCUT2D eigenvalue weighted by atomic mass is 9.89. The Hall–Kier alpha value is -1.72. The van der Waals surface area contributed by atoms with Gasteiger partial charge in [-0.2, -0.15) is 4.98 Å². The zero-order chi connectivity index (χ0) is 16.4. The standard InChI is InChI=1S/C17H27N5O/c1-5-12(6-2)16-18-17(23-20-16)13-7-8-14-15(9-13)22(21-19-14)10-11(3)4/h11-13H,5-10H2,1-4H3. The molecule has 0 amide bonds. The number of rotatable bonds is 6. The largest absolute Gasteiger partial charge is 0.339 e. The van der Waals surface area contributed by atoms with Gasteiger partial charge in [-0.3, -0.25) is 0 Å². The second-order valence-electron chi connectivity index (χ2n) is 7.00. The minimum Gasteiger partial charge on any atom is -0.339 e. The third kappa shape index (κ3) is 3.31. The summed E-state index contributed by atoms with van der Waals surface area (Å²) in [6.45, 7) is 9.67. The lowest BCUT2D eigenvalue weighted by Gasteiger charge is -2.19. The zero-order valence-corrected chi connectivity index (χ0v) is 14.6. The molecule has 0 saturated heterocycles. The van der Waals surface area contributed by atoms with Gasteiger partial charge in [0.25, 0.3) is 0 Å². The van der Waals surface area contributed by atoms with Crippen molar-refractivity contribution in [3.8, 4) is 0 Å². The number of nitrogens with zero attached hydrogens (tertiary/aromatic N) is 5. The highest BCUT2D eigenvalue weighted by molar-refractivity contribution is 5.19. The normalized spacial score (nSPS) is 17.9. The average Bonchev–Trinajstić information content (AvgIpc) is 3.16. The number of hydrogen-bond donors (Lipinski definition) is 0. The van der Waals surface area contributed by atoms with Crippen LogP contribution in [0.15, 0.2) is 4.52 Å². The van der Waals surface area contributed by atoms with Gasteiger partial charge in [0, 0.05) is 24.8 Å². The molecule has 1 aliphatic rings. The summed E-state index contributed by atoms with van der Waals surface area (Å²) in [5, 5.41) is 12.9. The molecule has 1 atom stereocenters. The fraction of sp³-hybridized carbons (Fsp3) is 0.765. The molecular formula is C17H27N5O. The molecular weight excluding hydrogens is 290 g/mol. The minimum atomic E-state index is 0.294. The summed E-state index contributed by atoms with van der Waals surface area (Å²) >= 11 is 0. The number of fused-ring (bicyclic) bond motifs is 1. The molecule has 0 radical (unpaired) electrons. The van der Waals surface area contributed by atoms with Gasteiger partial charge in [-0.05, 0) is 31.6 Å². The molecule has 2 heterocycles. The second-order valence-corrected chi connectivity index (χ2v) is 7.00. The van der Waals surface area contributed by atoms with Crippen LogP contribution in [-0.2, 0) is 19.4 Å². The van der Waals surface area contributed by atoms with Crippen molar-refractivity contribution in [2.24, 2.45) is 5.92 Å². The molecule has 0 aliphatic heterocycles. The summed E-state index contributed by atoms with van der Waals surface area (Å²) in [5.41, 5.74) is 2.39. The summed E-state index contributed by atoms with van der Waals surface area (Å²) in [6, 6.07) is 0. The Labute approximate surface area is 137 Å². The molecule has 2 aromatic heterocycles. The predicted octanol–water partition coefficient (Wildman–Crippen LogP) is 3.49. The highest BCUT2D eigenvalue weighted by atomic mass is 16.5. The summed E-state index contributed by atoms with van der Waals surface area (Å²) in [4.78, 5) is 4.70.